The number of rotatable bonds is 8. The van der Waals surface area contributed by atoms with Gasteiger partial charge < -0.3 is 14.4 Å². The van der Waals surface area contributed by atoms with E-state index in [2.05, 4.69) is 4.72 Å². The summed E-state index contributed by atoms with van der Waals surface area (Å²) in [4.78, 5) is 14.5. The molecule has 0 atom stereocenters. The molecule has 1 N–H and O–H groups in total. The van der Waals surface area contributed by atoms with Gasteiger partial charge in [-0.3, -0.25) is 4.79 Å². The molecule has 1 aliphatic heterocycles. The fraction of sp³-hybridized carbons (Fsp3) is 0.286. The van der Waals surface area contributed by atoms with E-state index in [1.807, 2.05) is 25.1 Å². The van der Waals surface area contributed by atoms with Crippen LogP contribution in [0.3, 0.4) is 0 Å². The lowest BCUT2D eigenvalue weighted by molar-refractivity contribution is -0.126. The molecule has 8 heteroatoms. The van der Waals surface area contributed by atoms with E-state index >= 15 is 0 Å². The minimum Gasteiger partial charge on any atom is -0.454 e. The number of carbonyl (C=O) groups excluding carboxylic acids is 1. The molecule has 0 saturated heterocycles. The van der Waals surface area contributed by atoms with Crippen LogP contribution in [0.2, 0.25) is 0 Å². The summed E-state index contributed by atoms with van der Waals surface area (Å²) in [5, 5.41) is 0. The van der Waals surface area contributed by atoms with Crippen molar-refractivity contribution in [3.63, 3.8) is 0 Å². The summed E-state index contributed by atoms with van der Waals surface area (Å²) in [5.41, 5.74) is 1.70. The van der Waals surface area contributed by atoms with Gasteiger partial charge in [0, 0.05) is 25.7 Å². The Bertz CT molecular complexity index is 1000. The maximum Gasteiger partial charge on any atom is 0.246 e. The molecule has 0 bridgehead atoms. The monoisotopic (exact) mass is 416 g/mol. The highest BCUT2D eigenvalue weighted by atomic mass is 32.2. The zero-order valence-electron chi connectivity index (χ0n) is 16.4. The fourth-order valence-electron chi connectivity index (χ4n) is 2.91. The first kappa shape index (κ1) is 20.9. The molecule has 154 valence electrons. The van der Waals surface area contributed by atoms with E-state index < -0.39 is 10.0 Å². The summed E-state index contributed by atoms with van der Waals surface area (Å²) in [7, 11) is -3.48. The van der Waals surface area contributed by atoms with Crippen LogP contribution in [-0.4, -0.2) is 39.1 Å². The molecule has 0 saturated carbocycles. The van der Waals surface area contributed by atoms with Gasteiger partial charge in [0.2, 0.25) is 22.7 Å². The van der Waals surface area contributed by atoms with Gasteiger partial charge in [-0.1, -0.05) is 25.1 Å². The smallest absolute Gasteiger partial charge is 0.246 e. The molecule has 0 fully saturated rings. The van der Waals surface area contributed by atoms with Crippen molar-refractivity contribution in [3.05, 3.63) is 59.7 Å². The molecule has 0 aromatic heterocycles. The Balaban J connectivity index is 1.65. The summed E-state index contributed by atoms with van der Waals surface area (Å²) in [6.45, 7) is 5.19. The predicted octanol–water partition coefficient (Wildman–Crippen LogP) is 2.78. The minimum absolute atomic E-state index is 0.130. The number of amides is 1. The van der Waals surface area contributed by atoms with Crippen LogP contribution in [0.4, 0.5) is 0 Å². The third-order valence-corrected chi connectivity index (χ3v) is 6.01. The lowest BCUT2D eigenvalue weighted by atomic mass is 10.1. The van der Waals surface area contributed by atoms with E-state index in [9.17, 15) is 13.2 Å². The fourth-order valence-corrected chi connectivity index (χ4v) is 3.95. The van der Waals surface area contributed by atoms with Gasteiger partial charge in [0.15, 0.2) is 11.5 Å². The Kier molecular flexibility index (Phi) is 6.56. The summed E-state index contributed by atoms with van der Waals surface area (Å²) in [6.07, 6.45) is 3.17. The SMILES string of the molecule is CCNS(=O)(=O)c1ccc(/C=C/C(=O)N(CC)Cc2ccc3c(c2)OCO3)cc1. The first-order chi connectivity index (χ1) is 13.9. The number of carbonyl (C=O) groups is 1. The zero-order valence-corrected chi connectivity index (χ0v) is 17.2. The number of hydrogen-bond acceptors (Lipinski definition) is 5. The molecule has 29 heavy (non-hydrogen) atoms. The molecule has 0 aliphatic carbocycles. The van der Waals surface area contributed by atoms with Crippen molar-refractivity contribution in [3.8, 4) is 11.5 Å². The van der Waals surface area contributed by atoms with Crippen molar-refractivity contribution < 1.29 is 22.7 Å². The van der Waals surface area contributed by atoms with Crippen LogP contribution in [0.15, 0.2) is 53.4 Å². The van der Waals surface area contributed by atoms with Gasteiger partial charge in [-0.05, 0) is 48.4 Å². The van der Waals surface area contributed by atoms with Crippen molar-refractivity contribution in [1.29, 1.82) is 0 Å². The molecule has 7 nitrogen and oxygen atoms in total. The Morgan fingerprint density at radius 3 is 2.52 bits per heavy atom. The van der Waals surface area contributed by atoms with Crippen LogP contribution in [0.5, 0.6) is 11.5 Å². The van der Waals surface area contributed by atoms with Gasteiger partial charge >= 0.3 is 0 Å². The third kappa shape index (κ3) is 5.16. The van der Waals surface area contributed by atoms with Crippen LogP contribution in [-0.2, 0) is 21.4 Å². The van der Waals surface area contributed by atoms with E-state index in [0.717, 1.165) is 11.1 Å². The molecule has 1 aliphatic rings. The van der Waals surface area contributed by atoms with Gasteiger partial charge in [-0.25, -0.2) is 13.1 Å². The maximum atomic E-state index is 12.6. The molecule has 0 spiro atoms. The Hall–Kier alpha value is -2.84. The first-order valence-electron chi connectivity index (χ1n) is 9.38. The number of ether oxygens (including phenoxy) is 2. The average Bonchev–Trinajstić information content (AvgIpc) is 3.18. The molecule has 1 amide bonds. The normalized spacial score (nSPS) is 13.0. The maximum absolute atomic E-state index is 12.6. The second-order valence-electron chi connectivity index (χ2n) is 6.44. The number of sulfonamides is 1. The van der Waals surface area contributed by atoms with Crippen LogP contribution in [0, 0.1) is 0 Å². The summed E-state index contributed by atoms with van der Waals surface area (Å²) in [5.74, 6) is 1.27. The first-order valence-corrected chi connectivity index (χ1v) is 10.9. The van der Waals surface area contributed by atoms with E-state index in [1.54, 1.807) is 30.0 Å². The Morgan fingerprint density at radius 2 is 1.83 bits per heavy atom. The van der Waals surface area contributed by atoms with Crippen LogP contribution in [0.1, 0.15) is 25.0 Å². The largest absolute Gasteiger partial charge is 0.454 e. The van der Waals surface area contributed by atoms with Gasteiger partial charge in [0.05, 0.1) is 4.90 Å². The number of hydrogen-bond donors (Lipinski definition) is 1. The second-order valence-corrected chi connectivity index (χ2v) is 8.21. The van der Waals surface area contributed by atoms with Crippen LogP contribution >= 0.6 is 0 Å². The zero-order chi connectivity index (χ0) is 20.9. The molecular formula is C21H24N2O5S. The van der Waals surface area contributed by atoms with E-state index in [-0.39, 0.29) is 17.6 Å². The van der Waals surface area contributed by atoms with Crippen molar-refractivity contribution in [1.82, 2.24) is 9.62 Å². The molecule has 1 heterocycles. The molecule has 2 aromatic carbocycles. The van der Waals surface area contributed by atoms with E-state index in [1.165, 1.54) is 18.2 Å². The van der Waals surface area contributed by atoms with Crippen LogP contribution < -0.4 is 14.2 Å². The number of nitrogens with one attached hydrogen (secondary N) is 1. The molecule has 2 aromatic rings. The number of likely N-dealkylation sites (N-methyl/N-ethyl adjacent to an activating group) is 1. The molecule has 3 rings (SSSR count). The van der Waals surface area contributed by atoms with E-state index in [0.29, 0.717) is 31.1 Å². The summed E-state index contributed by atoms with van der Waals surface area (Å²) < 4.78 is 37.1. The average molecular weight is 416 g/mol. The van der Waals surface area contributed by atoms with E-state index in [4.69, 9.17) is 9.47 Å². The quantitative estimate of drug-likeness (QED) is 0.669. The highest BCUT2D eigenvalue weighted by Gasteiger charge is 2.16. The van der Waals surface area contributed by atoms with Gasteiger partial charge in [0.25, 0.3) is 0 Å². The highest BCUT2D eigenvalue weighted by molar-refractivity contribution is 7.89. The predicted molar refractivity (Wildman–Crippen MR) is 110 cm³/mol. The summed E-state index contributed by atoms with van der Waals surface area (Å²) in [6, 6.07) is 12.0. The van der Waals surface area contributed by atoms with Gasteiger partial charge in [0.1, 0.15) is 0 Å². The molecule has 0 unspecified atom stereocenters. The number of nitrogens with zero attached hydrogens (tertiary/aromatic N) is 1. The number of fused-ring (bicyclic) bond motifs is 1. The van der Waals surface area contributed by atoms with Crippen molar-refractivity contribution in [2.45, 2.75) is 25.3 Å². The standard InChI is InChI=1S/C21H24N2O5S/c1-3-22-29(25,26)18-9-5-16(6-10-18)8-12-21(24)23(4-2)14-17-7-11-19-20(13-17)28-15-27-19/h5-13,22H,3-4,14-15H2,1-2H3/b12-8+. The van der Waals surface area contributed by atoms with Crippen molar-refractivity contribution >= 4 is 22.0 Å². The van der Waals surface area contributed by atoms with Crippen LogP contribution in [0.25, 0.3) is 6.08 Å². The number of benzene rings is 2. The Labute approximate surface area is 171 Å². The lowest BCUT2D eigenvalue weighted by Crippen LogP contribution is -2.28. The second kappa shape index (κ2) is 9.11. The molecule has 0 radical (unpaired) electrons. The van der Waals surface area contributed by atoms with Gasteiger partial charge in [-0.2, -0.15) is 0 Å². The Morgan fingerprint density at radius 1 is 1.10 bits per heavy atom. The lowest BCUT2D eigenvalue weighted by Gasteiger charge is -2.19. The van der Waals surface area contributed by atoms with Crippen molar-refractivity contribution in [2.24, 2.45) is 0 Å². The molecular weight excluding hydrogens is 392 g/mol. The summed E-state index contributed by atoms with van der Waals surface area (Å²) >= 11 is 0. The topological polar surface area (TPSA) is 84.9 Å². The highest BCUT2D eigenvalue weighted by Crippen LogP contribution is 2.32. The third-order valence-electron chi connectivity index (χ3n) is 4.45. The van der Waals surface area contributed by atoms with Gasteiger partial charge in [-0.15, -0.1) is 0 Å². The van der Waals surface area contributed by atoms with Crippen molar-refractivity contribution in [2.75, 3.05) is 19.9 Å². The minimum atomic E-state index is -3.48.